The Morgan fingerprint density at radius 2 is 1.09 bits per heavy atom. The molecule has 4 aliphatic heterocycles. The smallest absolute Gasteiger partial charge is 0.261 e. The molecule has 408 valence electrons. The second-order valence-electron chi connectivity index (χ2n) is 22.0. The minimum absolute atomic E-state index is 0.209. The Balaban J connectivity index is 0.932. The van der Waals surface area contributed by atoms with Gasteiger partial charge < -0.3 is 47.1 Å². The van der Waals surface area contributed by atoms with E-state index in [1.54, 1.807) is 7.11 Å². The minimum atomic E-state index is -2.88. The van der Waals surface area contributed by atoms with Gasteiger partial charge in [-0.1, -0.05) is 172 Å². The van der Waals surface area contributed by atoms with E-state index in [1.165, 1.54) is 10.4 Å². The average molecular weight is 1080 g/mol. The number of hydrogen-bond acceptors (Lipinski definition) is 11. The molecule has 0 amide bonds. The molecule has 0 bridgehead atoms. The molecule has 0 aromatic heterocycles. The van der Waals surface area contributed by atoms with Crippen LogP contribution < -0.4 is 15.1 Å². The van der Waals surface area contributed by atoms with E-state index >= 15 is 0 Å². The highest BCUT2D eigenvalue weighted by Crippen LogP contribution is 2.42. The molecular weight excluding hydrogens is 1000 g/mol. The second kappa shape index (κ2) is 25.9. The van der Waals surface area contributed by atoms with Gasteiger partial charge in [0, 0.05) is 42.9 Å². The summed E-state index contributed by atoms with van der Waals surface area (Å²) in [5.74, 6) is 1.00. The van der Waals surface area contributed by atoms with E-state index in [1.807, 2.05) is 91.9 Å². The number of benzene rings is 6. The van der Waals surface area contributed by atoms with Crippen LogP contribution in [0, 0.1) is 6.92 Å². The summed E-state index contributed by atoms with van der Waals surface area (Å²) in [6, 6.07) is 57.6. The summed E-state index contributed by atoms with van der Waals surface area (Å²) in [4.78, 5) is 0.752. The maximum Gasteiger partial charge on any atom is 0.261 e. The third-order valence-corrected chi connectivity index (χ3v) is 22.1. The molecule has 10 rings (SSSR count). The van der Waals surface area contributed by atoms with Crippen LogP contribution in [-0.2, 0) is 66.3 Å². The van der Waals surface area contributed by atoms with E-state index in [9.17, 15) is 4.21 Å². The molecule has 0 spiro atoms. The van der Waals surface area contributed by atoms with Crippen LogP contribution in [-0.4, -0.2) is 106 Å². The first-order valence-corrected chi connectivity index (χ1v) is 30.8. The highest BCUT2D eigenvalue weighted by atomic mass is 32.2. The summed E-state index contributed by atoms with van der Waals surface area (Å²) in [5, 5.41) is 2.23. The SMILES string of the molecule is COc1ccc([C@@H]2OC[C@H]3O[C@@H](CCO[Si](c4ccccc4)(c4ccccc4)C(C)(C)C)[C@H](O[C@H]4C[C@H]5O[C@@H](CCOCc6ccccc6)[C@H](OCc6ccccc6)C[C@@H]5O[C@@H]4C[S@](=O)c4ccc(C)cc4)C[C@@H]3O2)cc1. The lowest BCUT2D eigenvalue weighted by atomic mass is 9.89. The third-order valence-electron chi connectivity index (χ3n) is 15.7. The molecule has 12 atom stereocenters. The van der Waals surface area contributed by atoms with E-state index in [0.29, 0.717) is 65.1 Å². The lowest BCUT2D eigenvalue weighted by Gasteiger charge is -2.50. The summed E-state index contributed by atoms with van der Waals surface area (Å²) >= 11 is 0. The first kappa shape index (κ1) is 55.4. The minimum Gasteiger partial charge on any atom is -0.497 e. The van der Waals surface area contributed by atoms with Gasteiger partial charge in [-0.05, 0) is 70.6 Å². The van der Waals surface area contributed by atoms with Gasteiger partial charge >= 0.3 is 0 Å². The fourth-order valence-electron chi connectivity index (χ4n) is 11.6. The lowest BCUT2D eigenvalue weighted by Crippen LogP contribution is -2.66. The van der Waals surface area contributed by atoms with Crippen LogP contribution in [0.2, 0.25) is 5.04 Å². The molecule has 4 heterocycles. The average Bonchev–Trinajstić information content (AvgIpc) is 3.47. The molecule has 6 aromatic rings. The summed E-state index contributed by atoms with van der Waals surface area (Å²) in [6.07, 6.45) is -1.38. The molecule has 0 aliphatic carbocycles. The number of aryl methyl sites for hydroxylation is 1. The molecule has 0 unspecified atom stereocenters. The predicted molar refractivity (Wildman–Crippen MR) is 301 cm³/mol. The largest absolute Gasteiger partial charge is 0.497 e. The molecule has 13 heteroatoms. The van der Waals surface area contributed by atoms with Crippen LogP contribution in [0.15, 0.2) is 175 Å². The summed E-state index contributed by atoms with van der Waals surface area (Å²) in [6.45, 7) is 11.2. The molecular formula is C64H76O11SSi. The van der Waals surface area contributed by atoms with E-state index in [2.05, 4.69) is 106 Å². The van der Waals surface area contributed by atoms with Crippen molar-refractivity contribution in [3.63, 3.8) is 0 Å². The van der Waals surface area contributed by atoms with Gasteiger partial charge in [0.1, 0.15) is 11.9 Å². The van der Waals surface area contributed by atoms with Crippen LogP contribution in [0.3, 0.4) is 0 Å². The molecule has 4 aliphatic rings. The van der Waals surface area contributed by atoms with Crippen molar-refractivity contribution in [2.45, 2.75) is 150 Å². The van der Waals surface area contributed by atoms with Crippen molar-refractivity contribution in [3.8, 4) is 5.75 Å². The molecule has 4 fully saturated rings. The molecule has 0 N–H and O–H groups in total. The highest BCUT2D eigenvalue weighted by molar-refractivity contribution is 7.85. The van der Waals surface area contributed by atoms with Crippen molar-refractivity contribution in [2.24, 2.45) is 0 Å². The van der Waals surface area contributed by atoms with Crippen molar-refractivity contribution >= 4 is 29.5 Å². The van der Waals surface area contributed by atoms with Crippen LogP contribution in [0.25, 0.3) is 0 Å². The number of hydrogen-bond donors (Lipinski definition) is 0. The van der Waals surface area contributed by atoms with Crippen LogP contribution in [0.1, 0.15) is 81.4 Å². The van der Waals surface area contributed by atoms with Gasteiger partial charge in [0.15, 0.2) is 6.29 Å². The Morgan fingerprint density at radius 3 is 1.70 bits per heavy atom. The monoisotopic (exact) mass is 1080 g/mol. The van der Waals surface area contributed by atoms with Crippen LogP contribution >= 0.6 is 0 Å². The number of methoxy groups -OCH3 is 1. The second-order valence-corrected chi connectivity index (χ2v) is 27.8. The normalized spacial score (nSPS) is 27.0. The summed E-state index contributed by atoms with van der Waals surface area (Å²) in [5.41, 5.74) is 4.21. The van der Waals surface area contributed by atoms with Crippen molar-refractivity contribution in [2.75, 3.05) is 32.7 Å². The topological polar surface area (TPSA) is 109 Å². The van der Waals surface area contributed by atoms with Gasteiger partial charge in [-0.25, -0.2) is 0 Å². The standard InChI is InChI=1S/C64H76O11SSi/c1-45-26-32-50(33-27-45)76(65)44-62-60(40-58-57(74-62)38-55(68-42-47-20-12-7-13-21-47)53(71-58)34-36-67-41-46-18-10-6-11-19-46)73-56-39-59-61(43-69-63(75-59)48-28-30-49(66-5)31-29-48)72-54(56)35-37-70-77(64(2,3)4,51-22-14-8-15-23-51)52-24-16-9-17-25-52/h6-33,53-63H,34-44H2,1-5H3/t53-,54-,55+,56+,57-,58+,59-,60-,61+,62+,63+,76-/m0/s1. The zero-order chi connectivity index (χ0) is 53.2. The molecule has 77 heavy (non-hydrogen) atoms. The van der Waals surface area contributed by atoms with Crippen molar-refractivity contribution in [3.05, 3.63) is 192 Å². The number of ether oxygens (including phenoxy) is 9. The first-order valence-electron chi connectivity index (χ1n) is 27.5. The van der Waals surface area contributed by atoms with Gasteiger partial charge in [0.05, 0.1) is 98.4 Å². The van der Waals surface area contributed by atoms with E-state index in [4.69, 9.17) is 47.1 Å². The molecule has 6 aromatic carbocycles. The molecule has 11 nitrogen and oxygen atoms in total. The number of fused-ring (bicyclic) bond motifs is 2. The Labute approximate surface area is 459 Å². The van der Waals surface area contributed by atoms with Gasteiger partial charge in [0.25, 0.3) is 8.32 Å². The molecule has 0 saturated carbocycles. The summed E-state index contributed by atoms with van der Waals surface area (Å²) < 4.78 is 82.6. The third kappa shape index (κ3) is 13.6. The van der Waals surface area contributed by atoms with Crippen molar-refractivity contribution in [1.29, 1.82) is 0 Å². The van der Waals surface area contributed by atoms with E-state index in [0.717, 1.165) is 32.9 Å². The Bertz CT molecular complexity index is 2710. The van der Waals surface area contributed by atoms with Crippen LogP contribution in [0.5, 0.6) is 5.75 Å². The Kier molecular flexibility index (Phi) is 18.7. The van der Waals surface area contributed by atoms with Crippen molar-refractivity contribution < 1.29 is 51.3 Å². The quantitative estimate of drug-likeness (QED) is 0.0508. The zero-order valence-corrected chi connectivity index (χ0v) is 47.0. The highest BCUT2D eigenvalue weighted by Gasteiger charge is 2.52. The summed E-state index contributed by atoms with van der Waals surface area (Å²) in [7, 11) is -2.61. The van der Waals surface area contributed by atoms with Gasteiger partial charge in [-0.15, -0.1) is 0 Å². The Morgan fingerprint density at radius 1 is 0.571 bits per heavy atom. The maximum atomic E-state index is 14.5. The molecule has 4 saturated heterocycles. The zero-order valence-electron chi connectivity index (χ0n) is 45.2. The maximum absolute atomic E-state index is 14.5. The first-order chi connectivity index (χ1) is 37.5. The Hall–Kier alpha value is -4.87. The van der Waals surface area contributed by atoms with Gasteiger partial charge in [-0.3, -0.25) is 4.21 Å². The predicted octanol–water partition coefficient (Wildman–Crippen LogP) is 10.6. The lowest BCUT2D eigenvalue weighted by molar-refractivity contribution is -0.317. The van der Waals surface area contributed by atoms with Gasteiger partial charge in [-0.2, -0.15) is 0 Å². The van der Waals surface area contributed by atoms with E-state index < -0.39 is 49.8 Å². The fraction of sp³-hybridized carbons (Fsp3) is 0.438. The number of rotatable bonds is 21. The van der Waals surface area contributed by atoms with Crippen molar-refractivity contribution in [1.82, 2.24) is 0 Å². The molecule has 0 radical (unpaired) electrons. The van der Waals surface area contributed by atoms with Crippen LogP contribution in [0.4, 0.5) is 0 Å². The van der Waals surface area contributed by atoms with E-state index in [-0.39, 0.29) is 47.4 Å². The fourth-order valence-corrected chi connectivity index (χ4v) is 17.4. The van der Waals surface area contributed by atoms with Gasteiger partial charge in [0.2, 0.25) is 0 Å².